The third-order valence-corrected chi connectivity index (χ3v) is 5.52. The van der Waals surface area contributed by atoms with Crippen molar-refractivity contribution in [3.8, 4) is 0 Å². The Morgan fingerprint density at radius 2 is 1.97 bits per heavy atom. The Morgan fingerprint density at radius 3 is 2.63 bits per heavy atom. The topological polar surface area (TPSA) is 93.0 Å². The van der Waals surface area contributed by atoms with Crippen molar-refractivity contribution in [2.75, 3.05) is 13.1 Å². The Hall–Kier alpha value is -3.29. The van der Waals surface area contributed by atoms with Crippen LogP contribution in [0.4, 0.5) is 0 Å². The van der Waals surface area contributed by atoms with Crippen molar-refractivity contribution < 1.29 is 9.59 Å². The number of fused-ring (bicyclic) bond motifs is 1. The molecule has 30 heavy (non-hydrogen) atoms. The lowest BCUT2D eigenvalue weighted by molar-refractivity contribution is 0.0697. The summed E-state index contributed by atoms with van der Waals surface area (Å²) in [5.41, 5.74) is 2.68. The number of piperidine rings is 1. The van der Waals surface area contributed by atoms with Gasteiger partial charge in [-0.2, -0.15) is 5.10 Å². The molecule has 0 spiro atoms. The fourth-order valence-electron chi connectivity index (χ4n) is 3.82. The predicted octanol–water partition coefficient (Wildman–Crippen LogP) is 2.75. The monoisotopic (exact) mass is 406 g/mol. The molecule has 156 valence electrons. The number of aryl methyl sites for hydroxylation is 1. The van der Waals surface area contributed by atoms with Crippen molar-refractivity contribution in [1.29, 1.82) is 0 Å². The number of pyridine rings is 2. The summed E-state index contributed by atoms with van der Waals surface area (Å²) in [5.74, 6) is -0.142. The highest BCUT2D eigenvalue weighted by molar-refractivity contribution is 5.98. The van der Waals surface area contributed by atoms with E-state index in [9.17, 15) is 9.59 Å². The zero-order valence-electron chi connectivity index (χ0n) is 17.5. The molecule has 0 aliphatic carbocycles. The Kier molecular flexibility index (Phi) is 5.48. The van der Waals surface area contributed by atoms with Crippen molar-refractivity contribution in [1.82, 2.24) is 30.0 Å². The number of rotatable bonds is 4. The van der Waals surface area contributed by atoms with Crippen LogP contribution in [0.15, 0.2) is 36.8 Å². The van der Waals surface area contributed by atoms with E-state index in [1.54, 1.807) is 30.7 Å². The van der Waals surface area contributed by atoms with Gasteiger partial charge in [0.05, 0.1) is 23.0 Å². The fourth-order valence-corrected chi connectivity index (χ4v) is 3.82. The molecule has 1 fully saturated rings. The maximum absolute atomic E-state index is 13.1. The summed E-state index contributed by atoms with van der Waals surface area (Å²) >= 11 is 0. The highest BCUT2D eigenvalue weighted by atomic mass is 16.2. The van der Waals surface area contributed by atoms with E-state index in [-0.39, 0.29) is 23.9 Å². The summed E-state index contributed by atoms with van der Waals surface area (Å²) in [6.07, 6.45) is 6.40. The number of carbonyl (C=O) groups is 2. The quantitative estimate of drug-likeness (QED) is 0.719. The first kappa shape index (κ1) is 20.0. The molecule has 3 aromatic rings. The third-order valence-electron chi connectivity index (χ3n) is 5.52. The first-order valence-electron chi connectivity index (χ1n) is 10.3. The van der Waals surface area contributed by atoms with E-state index in [0.29, 0.717) is 29.9 Å². The number of hydrogen-bond acceptors (Lipinski definition) is 5. The van der Waals surface area contributed by atoms with Gasteiger partial charge in [-0.15, -0.1) is 0 Å². The molecule has 0 radical (unpaired) electrons. The van der Waals surface area contributed by atoms with Crippen molar-refractivity contribution >= 4 is 22.8 Å². The largest absolute Gasteiger partial charge is 0.349 e. The van der Waals surface area contributed by atoms with Gasteiger partial charge in [-0.1, -0.05) is 0 Å². The molecule has 8 heteroatoms. The number of aromatic nitrogens is 4. The van der Waals surface area contributed by atoms with Crippen LogP contribution in [0.25, 0.3) is 11.0 Å². The minimum absolute atomic E-state index is 0.0174. The molecule has 1 aliphatic rings. The second kappa shape index (κ2) is 8.22. The van der Waals surface area contributed by atoms with E-state index in [4.69, 9.17) is 0 Å². The van der Waals surface area contributed by atoms with Gasteiger partial charge >= 0.3 is 0 Å². The number of nitrogens with one attached hydrogen (secondary N) is 1. The maximum atomic E-state index is 13.1. The van der Waals surface area contributed by atoms with Crippen molar-refractivity contribution in [3.63, 3.8) is 0 Å². The Morgan fingerprint density at radius 1 is 1.20 bits per heavy atom. The molecular formula is C22H26N6O2. The van der Waals surface area contributed by atoms with Crippen LogP contribution in [-0.2, 0) is 0 Å². The summed E-state index contributed by atoms with van der Waals surface area (Å²) in [6.45, 7) is 7.17. The van der Waals surface area contributed by atoms with Crippen molar-refractivity contribution in [2.45, 2.75) is 45.7 Å². The molecule has 0 unspecified atom stereocenters. The molecule has 2 amide bonds. The smallest absolute Gasteiger partial charge is 0.255 e. The summed E-state index contributed by atoms with van der Waals surface area (Å²) in [5, 5.41) is 8.31. The lowest BCUT2D eigenvalue weighted by Crippen LogP contribution is -2.46. The van der Waals surface area contributed by atoms with Gasteiger partial charge in [0, 0.05) is 43.0 Å². The lowest BCUT2D eigenvalue weighted by Gasteiger charge is -2.32. The SMILES string of the molecule is Cc1nc2c(cnn2C(C)C)cc1C(=O)N1CCC(NC(=O)c2cccnc2)CC1. The van der Waals surface area contributed by atoms with Gasteiger partial charge in [0.2, 0.25) is 0 Å². The number of amides is 2. The van der Waals surface area contributed by atoms with Gasteiger partial charge in [-0.25, -0.2) is 9.67 Å². The molecule has 4 rings (SSSR count). The molecule has 0 atom stereocenters. The van der Waals surface area contributed by atoms with Gasteiger partial charge in [0.1, 0.15) is 0 Å². The van der Waals surface area contributed by atoms with E-state index in [1.807, 2.05) is 22.6 Å². The zero-order valence-corrected chi connectivity index (χ0v) is 17.5. The third kappa shape index (κ3) is 3.90. The predicted molar refractivity (Wildman–Crippen MR) is 113 cm³/mol. The van der Waals surface area contributed by atoms with Gasteiger partial charge in [0.25, 0.3) is 11.8 Å². The summed E-state index contributed by atoms with van der Waals surface area (Å²) in [4.78, 5) is 35.9. The average Bonchev–Trinajstić information content (AvgIpc) is 3.17. The first-order valence-corrected chi connectivity index (χ1v) is 10.3. The van der Waals surface area contributed by atoms with E-state index >= 15 is 0 Å². The first-order chi connectivity index (χ1) is 14.4. The second-order valence-corrected chi connectivity index (χ2v) is 8.00. The van der Waals surface area contributed by atoms with E-state index < -0.39 is 0 Å². The molecule has 0 saturated carbocycles. The Balaban J connectivity index is 1.42. The molecule has 8 nitrogen and oxygen atoms in total. The van der Waals surface area contributed by atoms with Crippen LogP contribution in [0.1, 0.15) is 59.1 Å². The van der Waals surface area contributed by atoms with Crippen LogP contribution in [-0.4, -0.2) is 55.6 Å². The maximum Gasteiger partial charge on any atom is 0.255 e. The molecule has 3 aromatic heterocycles. The number of hydrogen-bond donors (Lipinski definition) is 1. The lowest BCUT2D eigenvalue weighted by atomic mass is 10.0. The Bertz CT molecular complexity index is 1070. The molecule has 0 aromatic carbocycles. The van der Waals surface area contributed by atoms with Crippen LogP contribution in [0, 0.1) is 6.92 Å². The molecule has 1 N–H and O–H groups in total. The minimum atomic E-state index is -0.125. The molecule has 4 heterocycles. The molecular weight excluding hydrogens is 380 g/mol. The molecule has 1 saturated heterocycles. The highest BCUT2D eigenvalue weighted by Gasteiger charge is 2.26. The van der Waals surface area contributed by atoms with Crippen LogP contribution in [0.2, 0.25) is 0 Å². The van der Waals surface area contributed by atoms with Crippen molar-refractivity contribution in [3.05, 3.63) is 53.6 Å². The number of carbonyl (C=O) groups excluding carboxylic acids is 2. The second-order valence-electron chi connectivity index (χ2n) is 8.00. The highest BCUT2D eigenvalue weighted by Crippen LogP contribution is 2.22. The van der Waals surface area contributed by atoms with Crippen LogP contribution >= 0.6 is 0 Å². The normalized spacial score (nSPS) is 15.0. The van der Waals surface area contributed by atoms with Gasteiger partial charge < -0.3 is 10.2 Å². The van der Waals surface area contributed by atoms with Crippen LogP contribution in [0.3, 0.4) is 0 Å². The fraction of sp³-hybridized carbons (Fsp3) is 0.409. The Labute approximate surface area is 175 Å². The molecule has 0 bridgehead atoms. The van der Waals surface area contributed by atoms with Crippen LogP contribution < -0.4 is 5.32 Å². The number of nitrogens with zero attached hydrogens (tertiary/aromatic N) is 5. The van der Waals surface area contributed by atoms with E-state index in [1.165, 1.54) is 0 Å². The summed E-state index contributed by atoms with van der Waals surface area (Å²) in [7, 11) is 0. The van der Waals surface area contributed by atoms with Crippen LogP contribution in [0.5, 0.6) is 0 Å². The number of likely N-dealkylation sites (tertiary alicyclic amines) is 1. The standard InChI is InChI=1S/C22H26N6O2/c1-14(2)28-20-17(13-24-28)11-19(15(3)25-20)22(30)27-9-6-18(7-10-27)26-21(29)16-5-4-8-23-12-16/h4-5,8,11-14,18H,6-7,9-10H2,1-3H3,(H,26,29). The van der Waals surface area contributed by atoms with Gasteiger partial charge in [-0.05, 0) is 51.8 Å². The van der Waals surface area contributed by atoms with E-state index in [0.717, 1.165) is 23.9 Å². The summed E-state index contributed by atoms with van der Waals surface area (Å²) < 4.78 is 1.87. The summed E-state index contributed by atoms with van der Waals surface area (Å²) in [6, 6.07) is 5.63. The van der Waals surface area contributed by atoms with Crippen molar-refractivity contribution in [2.24, 2.45) is 0 Å². The average molecular weight is 406 g/mol. The minimum Gasteiger partial charge on any atom is -0.349 e. The molecule has 1 aliphatic heterocycles. The van der Waals surface area contributed by atoms with Gasteiger partial charge in [-0.3, -0.25) is 14.6 Å². The zero-order chi connectivity index (χ0) is 21.3. The van der Waals surface area contributed by atoms with Gasteiger partial charge in [0.15, 0.2) is 5.65 Å². The van der Waals surface area contributed by atoms with E-state index in [2.05, 4.69) is 34.2 Å².